The number of amides is 1. The van der Waals surface area contributed by atoms with Crippen molar-refractivity contribution in [2.75, 3.05) is 26.7 Å². The van der Waals surface area contributed by atoms with Gasteiger partial charge in [0.25, 0.3) is 0 Å². The molecule has 0 aromatic carbocycles. The number of hydrogen-bond acceptors (Lipinski definition) is 3. The van der Waals surface area contributed by atoms with Gasteiger partial charge in [0.15, 0.2) is 0 Å². The summed E-state index contributed by atoms with van der Waals surface area (Å²) in [5.41, 5.74) is 0.442. The van der Waals surface area contributed by atoms with Crippen LogP contribution in [0.1, 0.15) is 26.2 Å². The molecule has 1 atom stereocenters. The van der Waals surface area contributed by atoms with E-state index in [4.69, 9.17) is 5.11 Å². The Morgan fingerprint density at radius 3 is 2.78 bits per heavy atom. The summed E-state index contributed by atoms with van der Waals surface area (Å²) in [4.78, 5) is 24.6. The van der Waals surface area contributed by atoms with Crippen LogP contribution in [0.3, 0.4) is 0 Å². The number of aliphatic carboxylic acids is 1. The lowest BCUT2D eigenvalue weighted by Crippen LogP contribution is -2.42. The number of carboxylic acid groups (broad SMARTS) is 1. The van der Waals surface area contributed by atoms with E-state index < -0.39 is 5.97 Å². The van der Waals surface area contributed by atoms with Crippen LogP contribution in [-0.2, 0) is 9.59 Å². The van der Waals surface area contributed by atoms with Crippen LogP contribution in [0.25, 0.3) is 0 Å². The van der Waals surface area contributed by atoms with Gasteiger partial charge in [-0.15, -0.1) is 0 Å². The molecule has 1 unspecified atom stereocenters. The number of nitrogens with zero attached hydrogens (tertiary/aromatic N) is 1. The van der Waals surface area contributed by atoms with E-state index in [2.05, 4.69) is 10.2 Å². The third-order valence-electron chi connectivity index (χ3n) is 3.37. The van der Waals surface area contributed by atoms with Crippen LogP contribution < -0.4 is 5.32 Å². The van der Waals surface area contributed by atoms with E-state index in [9.17, 15) is 9.59 Å². The monoisotopic (exact) mass is 254 g/mol. The van der Waals surface area contributed by atoms with Crippen LogP contribution in [0.5, 0.6) is 0 Å². The Labute approximate surface area is 108 Å². The Hall–Kier alpha value is -1.36. The predicted octanol–water partition coefficient (Wildman–Crippen LogP) is 0.865. The average Bonchev–Trinajstić information content (AvgIpc) is 2.38. The number of hydrogen-bond donors (Lipinski definition) is 2. The summed E-state index contributed by atoms with van der Waals surface area (Å²) in [6.45, 7) is 4.10. The molecule has 0 aromatic rings. The number of likely N-dealkylation sites (tertiary alicyclic amines) is 1. The number of carbonyl (C=O) groups excluding carboxylic acids is 1. The minimum atomic E-state index is -0.850. The third-order valence-corrected chi connectivity index (χ3v) is 3.37. The van der Waals surface area contributed by atoms with Gasteiger partial charge in [-0.1, -0.05) is 13.0 Å². The molecule has 1 saturated heterocycles. The molecule has 0 spiro atoms. The van der Waals surface area contributed by atoms with E-state index in [-0.39, 0.29) is 11.8 Å². The minimum absolute atomic E-state index is 0.0343. The van der Waals surface area contributed by atoms with Crippen LogP contribution >= 0.6 is 0 Å². The average molecular weight is 254 g/mol. The lowest BCUT2D eigenvalue weighted by Gasteiger charge is -2.30. The summed E-state index contributed by atoms with van der Waals surface area (Å²) in [5.74, 6) is -0.734. The second-order valence-corrected chi connectivity index (χ2v) is 4.60. The van der Waals surface area contributed by atoms with Gasteiger partial charge in [-0.25, -0.2) is 4.79 Å². The molecule has 0 aromatic heterocycles. The zero-order valence-corrected chi connectivity index (χ0v) is 11.1. The molecule has 18 heavy (non-hydrogen) atoms. The van der Waals surface area contributed by atoms with E-state index in [0.717, 1.165) is 19.4 Å². The zero-order chi connectivity index (χ0) is 13.5. The summed E-state index contributed by atoms with van der Waals surface area (Å²) >= 11 is 0. The highest BCUT2D eigenvalue weighted by molar-refractivity contribution is 5.86. The number of carboxylic acids is 1. The van der Waals surface area contributed by atoms with Crippen molar-refractivity contribution < 1.29 is 14.7 Å². The molecule has 5 nitrogen and oxygen atoms in total. The van der Waals surface area contributed by atoms with Gasteiger partial charge in [-0.05, 0) is 25.8 Å². The fourth-order valence-electron chi connectivity index (χ4n) is 2.26. The van der Waals surface area contributed by atoms with E-state index >= 15 is 0 Å². The third kappa shape index (κ3) is 4.14. The van der Waals surface area contributed by atoms with Gasteiger partial charge in [0.2, 0.25) is 5.91 Å². The number of nitrogens with one attached hydrogen (secondary N) is 1. The van der Waals surface area contributed by atoms with Crippen molar-refractivity contribution in [2.45, 2.75) is 26.2 Å². The quantitative estimate of drug-likeness (QED) is 0.714. The van der Waals surface area contributed by atoms with Crippen molar-refractivity contribution in [2.24, 2.45) is 5.92 Å². The highest BCUT2D eigenvalue weighted by atomic mass is 16.4. The van der Waals surface area contributed by atoms with E-state index in [1.807, 2.05) is 6.92 Å². The Balaban J connectivity index is 2.52. The van der Waals surface area contributed by atoms with Gasteiger partial charge in [0, 0.05) is 25.7 Å². The molecule has 0 aliphatic carbocycles. The maximum absolute atomic E-state index is 11.6. The molecular weight excluding hydrogens is 232 g/mol. The SMILES string of the molecule is CCC(=CCN1CCCC(C(=O)NC)C1)C(=O)O. The normalized spacial score (nSPS) is 21.7. The van der Waals surface area contributed by atoms with Crippen LogP contribution in [-0.4, -0.2) is 48.6 Å². The fraction of sp³-hybridized carbons (Fsp3) is 0.692. The second-order valence-electron chi connectivity index (χ2n) is 4.60. The fourth-order valence-corrected chi connectivity index (χ4v) is 2.26. The van der Waals surface area contributed by atoms with Crippen molar-refractivity contribution in [1.82, 2.24) is 10.2 Å². The first-order chi connectivity index (χ1) is 8.58. The van der Waals surface area contributed by atoms with Crippen molar-refractivity contribution >= 4 is 11.9 Å². The molecule has 2 N–H and O–H groups in total. The van der Waals surface area contributed by atoms with Gasteiger partial charge in [0.1, 0.15) is 0 Å². The van der Waals surface area contributed by atoms with Crippen molar-refractivity contribution in [1.29, 1.82) is 0 Å². The summed E-state index contributed by atoms with van der Waals surface area (Å²) in [5, 5.41) is 11.6. The van der Waals surface area contributed by atoms with Crippen LogP contribution in [0, 0.1) is 5.92 Å². The second kappa shape index (κ2) is 7.16. The van der Waals surface area contributed by atoms with Gasteiger partial charge in [0.05, 0.1) is 5.92 Å². The molecule has 5 heteroatoms. The first-order valence-corrected chi connectivity index (χ1v) is 6.44. The van der Waals surface area contributed by atoms with Crippen molar-refractivity contribution in [3.63, 3.8) is 0 Å². The molecule has 1 aliphatic rings. The van der Waals surface area contributed by atoms with E-state index in [0.29, 0.717) is 25.1 Å². The molecular formula is C13H22N2O3. The van der Waals surface area contributed by atoms with Crippen LogP contribution in [0.15, 0.2) is 11.6 Å². The Morgan fingerprint density at radius 2 is 2.22 bits per heavy atom. The molecule has 0 saturated carbocycles. The van der Waals surface area contributed by atoms with Gasteiger partial charge < -0.3 is 10.4 Å². The summed E-state index contributed by atoms with van der Waals surface area (Å²) in [7, 11) is 1.65. The molecule has 1 fully saturated rings. The largest absolute Gasteiger partial charge is 0.478 e. The highest BCUT2D eigenvalue weighted by Gasteiger charge is 2.24. The van der Waals surface area contributed by atoms with Gasteiger partial charge in [-0.2, -0.15) is 0 Å². The molecule has 1 aliphatic heterocycles. The standard InChI is InChI=1S/C13H22N2O3/c1-3-10(13(17)18)6-8-15-7-4-5-11(9-15)12(16)14-2/h6,11H,3-5,7-9H2,1-2H3,(H,14,16)(H,17,18). The molecule has 1 heterocycles. The first kappa shape index (κ1) is 14.7. The maximum atomic E-state index is 11.6. The molecule has 0 radical (unpaired) electrons. The van der Waals surface area contributed by atoms with Crippen molar-refractivity contribution in [3.8, 4) is 0 Å². The maximum Gasteiger partial charge on any atom is 0.331 e. The Bertz CT molecular complexity index is 339. The number of piperidine rings is 1. The van der Waals surface area contributed by atoms with E-state index in [1.165, 1.54) is 0 Å². The van der Waals surface area contributed by atoms with Gasteiger partial charge in [-0.3, -0.25) is 9.69 Å². The number of rotatable bonds is 5. The lowest BCUT2D eigenvalue weighted by atomic mass is 9.97. The Morgan fingerprint density at radius 1 is 1.50 bits per heavy atom. The zero-order valence-electron chi connectivity index (χ0n) is 11.1. The minimum Gasteiger partial charge on any atom is -0.478 e. The molecule has 1 rings (SSSR count). The van der Waals surface area contributed by atoms with Gasteiger partial charge >= 0.3 is 5.97 Å². The predicted molar refractivity (Wildman–Crippen MR) is 69.2 cm³/mol. The van der Waals surface area contributed by atoms with Crippen LogP contribution in [0.2, 0.25) is 0 Å². The topological polar surface area (TPSA) is 69.6 Å². The van der Waals surface area contributed by atoms with Crippen LogP contribution in [0.4, 0.5) is 0 Å². The summed E-state index contributed by atoms with van der Waals surface area (Å²) in [6, 6.07) is 0. The van der Waals surface area contributed by atoms with Crippen molar-refractivity contribution in [3.05, 3.63) is 11.6 Å². The molecule has 0 bridgehead atoms. The number of carbonyl (C=O) groups is 2. The highest BCUT2D eigenvalue weighted by Crippen LogP contribution is 2.16. The summed E-state index contributed by atoms with van der Waals surface area (Å²) < 4.78 is 0. The Kier molecular flexibility index (Phi) is 5.85. The van der Waals surface area contributed by atoms with E-state index in [1.54, 1.807) is 13.1 Å². The lowest BCUT2D eigenvalue weighted by molar-refractivity contribution is -0.133. The first-order valence-electron chi connectivity index (χ1n) is 6.44. The molecule has 1 amide bonds. The molecule has 102 valence electrons. The summed E-state index contributed by atoms with van der Waals surface area (Å²) in [6.07, 6.45) is 4.19. The smallest absolute Gasteiger partial charge is 0.331 e.